The molecule has 0 N–H and O–H groups in total. The third-order valence-electron chi connectivity index (χ3n) is 4.46. The summed E-state index contributed by atoms with van der Waals surface area (Å²) < 4.78 is 32.4. The maximum atomic E-state index is 12.6. The van der Waals surface area contributed by atoms with Crippen LogP contribution in [0.1, 0.15) is 13.8 Å². The second-order valence-corrected chi connectivity index (χ2v) is 8.23. The van der Waals surface area contributed by atoms with Crippen LogP contribution in [0.4, 0.5) is 0 Å². The smallest absolute Gasteiger partial charge is 0.216 e. The molecule has 20 heavy (non-hydrogen) atoms. The number of piperazine rings is 1. The van der Waals surface area contributed by atoms with Crippen LogP contribution in [0.5, 0.6) is 0 Å². The lowest BCUT2D eigenvalue weighted by atomic mass is 10.1. The van der Waals surface area contributed by atoms with Crippen LogP contribution in [-0.2, 0) is 14.8 Å². The molecular formula is C13H27N3O3S. The number of hydrogen-bond donors (Lipinski definition) is 0. The van der Waals surface area contributed by atoms with Crippen LogP contribution >= 0.6 is 0 Å². The molecule has 0 spiro atoms. The summed E-state index contributed by atoms with van der Waals surface area (Å²) in [6.45, 7) is 7.48. The van der Waals surface area contributed by atoms with E-state index in [2.05, 4.69) is 30.7 Å². The van der Waals surface area contributed by atoms with Crippen LogP contribution in [0, 0.1) is 0 Å². The van der Waals surface area contributed by atoms with Crippen LogP contribution in [0.3, 0.4) is 0 Å². The largest absolute Gasteiger partial charge is 0.374 e. The Kier molecular flexibility index (Phi) is 5.07. The van der Waals surface area contributed by atoms with Crippen LogP contribution in [0.15, 0.2) is 0 Å². The average molecular weight is 305 g/mol. The summed E-state index contributed by atoms with van der Waals surface area (Å²) in [5.41, 5.74) is 0. The second kappa shape index (κ2) is 6.27. The van der Waals surface area contributed by atoms with Crippen LogP contribution < -0.4 is 0 Å². The van der Waals surface area contributed by atoms with Gasteiger partial charge in [0.15, 0.2) is 0 Å². The summed E-state index contributed by atoms with van der Waals surface area (Å²) in [7, 11) is 0.816. The van der Waals surface area contributed by atoms with E-state index in [-0.39, 0.29) is 23.9 Å². The first-order chi connectivity index (χ1) is 9.29. The van der Waals surface area contributed by atoms with E-state index >= 15 is 0 Å². The molecule has 3 atom stereocenters. The van der Waals surface area contributed by atoms with E-state index in [9.17, 15) is 8.42 Å². The minimum absolute atomic E-state index is 0.0977. The molecule has 2 saturated heterocycles. The zero-order valence-corrected chi connectivity index (χ0v) is 13.8. The van der Waals surface area contributed by atoms with E-state index < -0.39 is 10.0 Å². The van der Waals surface area contributed by atoms with Crippen molar-refractivity contribution >= 4 is 10.0 Å². The Labute approximate surface area is 122 Å². The van der Waals surface area contributed by atoms with Crippen LogP contribution in [-0.4, -0.2) is 93.3 Å². The van der Waals surface area contributed by atoms with E-state index in [4.69, 9.17) is 4.74 Å². The van der Waals surface area contributed by atoms with Gasteiger partial charge in [0.1, 0.15) is 0 Å². The highest BCUT2D eigenvalue weighted by molar-refractivity contribution is 7.89. The lowest BCUT2D eigenvalue weighted by Crippen LogP contribution is -2.57. The Morgan fingerprint density at radius 3 is 2.25 bits per heavy atom. The molecule has 1 unspecified atom stereocenters. The minimum Gasteiger partial charge on any atom is -0.374 e. The first-order valence-electron chi connectivity index (χ1n) is 7.29. The zero-order chi connectivity index (χ0) is 14.9. The molecule has 118 valence electrons. The van der Waals surface area contributed by atoms with Gasteiger partial charge in [0.25, 0.3) is 0 Å². The number of ether oxygens (including phenoxy) is 1. The summed E-state index contributed by atoms with van der Waals surface area (Å²) in [5.74, 6) is 0.0977. The molecule has 2 aliphatic rings. The SMILES string of the molecule is C[C@@H]1CN(S(=O)(=O)CC2CN(C)CCO2)C[C@H](C)N1C. The summed E-state index contributed by atoms with van der Waals surface area (Å²) in [6.07, 6.45) is -0.205. The fourth-order valence-corrected chi connectivity index (χ4v) is 4.66. The van der Waals surface area contributed by atoms with Gasteiger partial charge < -0.3 is 9.64 Å². The van der Waals surface area contributed by atoms with Crippen molar-refractivity contribution in [2.24, 2.45) is 0 Å². The molecule has 0 bridgehead atoms. The first kappa shape index (κ1) is 16.2. The predicted molar refractivity (Wildman–Crippen MR) is 79.3 cm³/mol. The Bertz CT molecular complexity index is 417. The maximum absolute atomic E-state index is 12.6. The van der Waals surface area contributed by atoms with Crippen molar-refractivity contribution in [2.45, 2.75) is 32.0 Å². The average Bonchev–Trinajstić information content (AvgIpc) is 2.34. The zero-order valence-electron chi connectivity index (χ0n) is 12.9. The summed E-state index contributed by atoms with van der Waals surface area (Å²) in [4.78, 5) is 4.36. The summed E-state index contributed by atoms with van der Waals surface area (Å²) in [5, 5.41) is 0. The Balaban J connectivity index is 1.99. The first-order valence-corrected chi connectivity index (χ1v) is 8.90. The van der Waals surface area contributed by atoms with Gasteiger partial charge in [-0.3, -0.25) is 4.90 Å². The van der Waals surface area contributed by atoms with Gasteiger partial charge in [-0.2, -0.15) is 4.31 Å². The van der Waals surface area contributed by atoms with Gasteiger partial charge >= 0.3 is 0 Å². The minimum atomic E-state index is -3.24. The summed E-state index contributed by atoms with van der Waals surface area (Å²) in [6, 6.07) is 0.506. The number of nitrogens with zero attached hydrogens (tertiary/aromatic N) is 3. The number of likely N-dealkylation sites (N-methyl/N-ethyl adjacent to an activating group) is 2. The standard InChI is InChI=1S/C13H27N3O3S/c1-11-7-16(8-12(2)15(11)4)20(17,18)10-13-9-14(3)5-6-19-13/h11-13H,5-10H2,1-4H3/t11-,12+,13?. The molecule has 0 aromatic rings. The van der Waals surface area contributed by atoms with E-state index in [1.165, 1.54) is 0 Å². The van der Waals surface area contributed by atoms with Gasteiger partial charge in [-0.15, -0.1) is 0 Å². The monoisotopic (exact) mass is 305 g/mol. The molecule has 0 aromatic carbocycles. The predicted octanol–water partition coefficient (Wildman–Crippen LogP) is -0.329. The number of morpholine rings is 1. The lowest BCUT2D eigenvalue weighted by molar-refractivity contribution is -0.00767. The van der Waals surface area contributed by atoms with Crippen molar-refractivity contribution in [3.63, 3.8) is 0 Å². The van der Waals surface area contributed by atoms with Gasteiger partial charge in [-0.25, -0.2) is 8.42 Å². The van der Waals surface area contributed by atoms with Gasteiger partial charge in [0.2, 0.25) is 10.0 Å². The Morgan fingerprint density at radius 2 is 1.70 bits per heavy atom. The molecule has 7 heteroatoms. The van der Waals surface area contributed by atoms with E-state index in [1.807, 2.05) is 7.05 Å². The molecule has 0 aliphatic carbocycles. The highest BCUT2D eigenvalue weighted by Crippen LogP contribution is 2.18. The number of rotatable bonds is 3. The van der Waals surface area contributed by atoms with Crippen molar-refractivity contribution < 1.29 is 13.2 Å². The molecule has 0 aromatic heterocycles. The van der Waals surface area contributed by atoms with Crippen molar-refractivity contribution in [1.29, 1.82) is 0 Å². The molecule has 0 radical (unpaired) electrons. The summed E-state index contributed by atoms with van der Waals surface area (Å²) >= 11 is 0. The molecule has 0 saturated carbocycles. The fraction of sp³-hybridized carbons (Fsp3) is 1.00. The van der Waals surface area contributed by atoms with Crippen LogP contribution in [0.25, 0.3) is 0 Å². The molecule has 0 amide bonds. The fourth-order valence-electron chi connectivity index (χ4n) is 2.89. The van der Waals surface area contributed by atoms with E-state index in [0.717, 1.165) is 6.54 Å². The number of hydrogen-bond acceptors (Lipinski definition) is 5. The van der Waals surface area contributed by atoms with Crippen molar-refractivity contribution in [3.8, 4) is 0 Å². The maximum Gasteiger partial charge on any atom is 0.216 e. The normalized spacial score (nSPS) is 35.3. The van der Waals surface area contributed by atoms with Crippen molar-refractivity contribution in [1.82, 2.24) is 14.1 Å². The molecule has 2 fully saturated rings. The van der Waals surface area contributed by atoms with E-state index in [0.29, 0.717) is 26.2 Å². The molecule has 2 heterocycles. The van der Waals surface area contributed by atoms with Crippen molar-refractivity contribution in [3.05, 3.63) is 0 Å². The second-order valence-electron chi connectivity index (χ2n) is 6.21. The topological polar surface area (TPSA) is 53.1 Å². The Hall–Kier alpha value is -0.210. The van der Waals surface area contributed by atoms with Gasteiger partial charge in [-0.1, -0.05) is 0 Å². The quantitative estimate of drug-likeness (QED) is 0.715. The van der Waals surface area contributed by atoms with E-state index in [1.54, 1.807) is 4.31 Å². The molecular weight excluding hydrogens is 278 g/mol. The van der Waals surface area contributed by atoms with Crippen molar-refractivity contribution in [2.75, 3.05) is 52.6 Å². The highest BCUT2D eigenvalue weighted by Gasteiger charge is 2.35. The third kappa shape index (κ3) is 3.71. The molecule has 2 rings (SSSR count). The van der Waals surface area contributed by atoms with Gasteiger partial charge in [0.05, 0.1) is 18.5 Å². The highest BCUT2D eigenvalue weighted by atomic mass is 32.2. The third-order valence-corrected chi connectivity index (χ3v) is 6.34. The molecule has 6 nitrogen and oxygen atoms in total. The Morgan fingerprint density at radius 1 is 1.10 bits per heavy atom. The van der Waals surface area contributed by atoms with Gasteiger partial charge in [0, 0.05) is 38.3 Å². The lowest BCUT2D eigenvalue weighted by Gasteiger charge is -2.42. The molecule has 2 aliphatic heterocycles. The van der Waals surface area contributed by atoms with Crippen LogP contribution in [0.2, 0.25) is 0 Å². The van der Waals surface area contributed by atoms with Gasteiger partial charge in [-0.05, 0) is 27.9 Å². The number of sulfonamides is 1.